The van der Waals surface area contributed by atoms with Gasteiger partial charge in [0.25, 0.3) is 0 Å². The summed E-state index contributed by atoms with van der Waals surface area (Å²) in [6.45, 7) is 7.15. The third kappa shape index (κ3) is 3.83. The molecule has 2 nitrogen and oxygen atoms in total. The van der Waals surface area contributed by atoms with Crippen molar-refractivity contribution >= 4 is 10.8 Å². The van der Waals surface area contributed by atoms with Crippen molar-refractivity contribution in [3.8, 4) is 16.9 Å². The number of phenolic OH excluding ortho intramolecular Hbond substituents is 1. The van der Waals surface area contributed by atoms with Gasteiger partial charge in [-0.3, -0.25) is 4.90 Å². The molecule has 0 aromatic heterocycles. The summed E-state index contributed by atoms with van der Waals surface area (Å²) < 4.78 is 0. The molecule has 1 unspecified atom stereocenters. The van der Waals surface area contributed by atoms with Gasteiger partial charge in [-0.25, -0.2) is 0 Å². The fourth-order valence-electron chi connectivity index (χ4n) is 4.41. The Morgan fingerprint density at radius 2 is 1.53 bits per heavy atom. The second-order valence-corrected chi connectivity index (χ2v) is 8.30. The average Bonchev–Trinajstić information content (AvgIpc) is 2.74. The Labute approximate surface area is 179 Å². The molecular formula is C28H29NO. The lowest BCUT2D eigenvalue weighted by Crippen LogP contribution is -2.22. The number of rotatable bonds is 5. The zero-order valence-electron chi connectivity index (χ0n) is 18.2. The van der Waals surface area contributed by atoms with Crippen LogP contribution in [0.2, 0.25) is 0 Å². The molecule has 4 aromatic rings. The molecule has 0 bridgehead atoms. The van der Waals surface area contributed by atoms with Gasteiger partial charge < -0.3 is 5.11 Å². The van der Waals surface area contributed by atoms with Crippen LogP contribution in [0.25, 0.3) is 21.9 Å². The zero-order valence-corrected chi connectivity index (χ0v) is 18.2. The molecular weight excluding hydrogens is 366 g/mol. The summed E-state index contributed by atoms with van der Waals surface area (Å²) in [6, 6.07) is 27.7. The van der Waals surface area contributed by atoms with Crippen LogP contribution in [-0.2, 0) is 6.54 Å². The Morgan fingerprint density at radius 1 is 0.833 bits per heavy atom. The van der Waals surface area contributed by atoms with Crippen LogP contribution in [0.1, 0.15) is 35.2 Å². The Balaban J connectivity index is 1.84. The standard InChI is InChI=1S/C28H29NO/c1-19-16-20(2)27(26(30)17-19)28-24(15-14-23-12-8-9-13-25(23)28)18-29(4)21(3)22-10-6-5-7-11-22/h5-17,21,30H,18H2,1-4H3. The van der Waals surface area contributed by atoms with E-state index in [0.29, 0.717) is 11.8 Å². The van der Waals surface area contributed by atoms with Crippen molar-refractivity contribution in [3.63, 3.8) is 0 Å². The summed E-state index contributed by atoms with van der Waals surface area (Å²) in [7, 11) is 2.17. The number of hydrogen-bond acceptors (Lipinski definition) is 2. The van der Waals surface area contributed by atoms with E-state index in [1.807, 2.05) is 13.0 Å². The first-order valence-corrected chi connectivity index (χ1v) is 10.5. The molecule has 0 amide bonds. The molecule has 0 aliphatic carbocycles. The molecule has 1 N–H and O–H groups in total. The van der Waals surface area contributed by atoms with Gasteiger partial charge in [0.2, 0.25) is 0 Å². The zero-order chi connectivity index (χ0) is 21.3. The van der Waals surface area contributed by atoms with Crippen molar-refractivity contribution < 1.29 is 5.11 Å². The summed E-state index contributed by atoms with van der Waals surface area (Å²) >= 11 is 0. The van der Waals surface area contributed by atoms with E-state index >= 15 is 0 Å². The average molecular weight is 396 g/mol. The quantitative estimate of drug-likeness (QED) is 0.392. The smallest absolute Gasteiger partial charge is 0.123 e. The number of phenols is 1. The molecule has 2 heteroatoms. The predicted octanol–water partition coefficient (Wildman–Crippen LogP) is 7.02. The minimum absolute atomic E-state index is 0.290. The van der Waals surface area contributed by atoms with Crippen molar-refractivity contribution in [1.82, 2.24) is 4.90 Å². The Kier molecular flexibility index (Phi) is 5.61. The Hall–Kier alpha value is -3.10. The van der Waals surface area contributed by atoms with Gasteiger partial charge >= 0.3 is 0 Å². The normalized spacial score (nSPS) is 12.4. The third-order valence-electron chi connectivity index (χ3n) is 6.09. The maximum Gasteiger partial charge on any atom is 0.123 e. The van der Waals surface area contributed by atoms with E-state index in [2.05, 4.69) is 98.6 Å². The molecule has 0 aliphatic heterocycles. The van der Waals surface area contributed by atoms with Crippen LogP contribution in [0.5, 0.6) is 5.75 Å². The lowest BCUT2D eigenvalue weighted by atomic mass is 9.89. The number of aromatic hydroxyl groups is 1. The van der Waals surface area contributed by atoms with Crippen LogP contribution >= 0.6 is 0 Å². The van der Waals surface area contributed by atoms with Crippen molar-refractivity contribution in [2.45, 2.75) is 33.4 Å². The molecule has 0 radical (unpaired) electrons. The second kappa shape index (κ2) is 8.33. The van der Waals surface area contributed by atoms with Crippen molar-refractivity contribution in [1.29, 1.82) is 0 Å². The number of nitrogens with zero attached hydrogens (tertiary/aromatic N) is 1. The Morgan fingerprint density at radius 3 is 2.27 bits per heavy atom. The van der Waals surface area contributed by atoms with E-state index in [9.17, 15) is 5.11 Å². The highest BCUT2D eigenvalue weighted by Crippen LogP contribution is 2.41. The van der Waals surface area contributed by atoms with Gasteiger partial charge in [-0.2, -0.15) is 0 Å². The second-order valence-electron chi connectivity index (χ2n) is 8.30. The van der Waals surface area contributed by atoms with Crippen molar-refractivity contribution in [3.05, 3.63) is 101 Å². The first-order chi connectivity index (χ1) is 14.5. The maximum atomic E-state index is 10.9. The monoisotopic (exact) mass is 395 g/mol. The molecule has 0 aliphatic rings. The molecule has 4 aromatic carbocycles. The molecule has 4 rings (SSSR count). The highest BCUT2D eigenvalue weighted by Gasteiger charge is 2.19. The number of fused-ring (bicyclic) bond motifs is 1. The molecule has 0 spiro atoms. The van der Waals surface area contributed by atoms with Gasteiger partial charge in [-0.15, -0.1) is 0 Å². The maximum absolute atomic E-state index is 10.9. The third-order valence-corrected chi connectivity index (χ3v) is 6.09. The van der Waals surface area contributed by atoms with E-state index in [4.69, 9.17) is 0 Å². The molecule has 30 heavy (non-hydrogen) atoms. The predicted molar refractivity (Wildman–Crippen MR) is 127 cm³/mol. The van der Waals surface area contributed by atoms with Gasteiger partial charge in [-0.05, 0) is 72.5 Å². The number of hydrogen-bond donors (Lipinski definition) is 1. The molecule has 0 heterocycles. The van der Waals surface area contributed by atoms with Gasteiger partial charge in [0.05, 0.1) is 0 Å². The summed E-state index contributed by atoms with van der Waals surface area (Å²) in [6.07, 6.45) is 0. The number of benzene rings is 4. The van der Waals surface area contributed by atoms with Crippen LogP contribution in [0.3, 0.4) is 0 Å². The first-order valence-electron chi connectivity index (χ1n) is 10.5. The highest BCUT2D eigenvalue weighted by molar-refractivity contribution is 6.00. The summed E-state index contributed by atoms with van der Waals surface area (Å²) in [5.74, 6) is 0.351. The summed E-state index contributed by atoms with van der Waals surface area (Å²) in [4.78, 5) is 2.36. The largest absolute Gasteiger partial charge is 0.507 e. The van der Waals surface area contributed by atoms with Crippen molar-refractivity contribution in [2.24, 2.45) is 0 Å². The van der Waals surface area contributed by atoms with Crippen LogP contribution in [0.4, 0.5) is 0 Å². The first kappa shape index (κ1) is 20.2. The van der Waals surface area contributed by atoms with E-state index in [-0.39, 0.29) is 0 Å². The minimum Gasteiger partial charge on any atom is -0.507 e. The van der Waals surface area contributed by atoms with Crippen LogP contribution < -0.4 is 0 Å². The fourth-order valence-corrected chi connectivity index (χ4v) is 4.41. The van der Waals surface area contributed by atoms with E-state index in [1.54, 1.807) is 0 Å². The molecule has 0 saturated carbocycles. The molecule has 0 saturated heterocycles. The fraction of sp³-hybridized carbons (Fsp3) is 0.214. The van der Waals surface area contributed by atoms with Gasteiger partial charge in [0.1, 0.15) is 5.75 Å². The Bertz CT molecular complexity index is 1160. The SMILES string of the molecule is Cc1cc(C)c(-c2c(CN(C)C(C)c3ccccc3)ccc3ccccc23)c(O)c1. The minimum atomic E-state index is 0.290. The van der Waals surface area contributed by atoms with Gasteiger partial charge in [-0.1, -0.05) is 72.8 Å². The van der Waals surface area contributed by atoms with Crippen LogP contribution in [0.15, 0.2) is 78.9 Å². The molecule has 1 atom stereocenters. The number of aryl methyl sites for hydroxylation is 2. The van der Waals surface area contributed by atoms with Crippen LogP contribution in [-0.4, -0.2) is 17.1 Å². The van der Waals surface area contributed by atoms with Crippen LogP contribution in [0, 0.1) is 13.8 Å². The van der Waals surface area contributed by atoms with Crippen molar-refractivity contribution in [2.75, 3.05) is 7.05 Å². The molecule has 0 fully saturated rings. The summed E-state index contributed by atoms with van der Waals surface area (Å²) in [5.41, 5.74) is 6.77. The topological polar surface area (TPSA) is 23.5 Å². The van der Waals surface area contributed by atoms with Gasteiger partial charge in [0, 0.05) is 18.2 Å². The van der Waals surface area contributed by atoms with E-state index < -0.39 is 0 Å². The highest BCUT2D eigenvalue weighted by atomic mass is 16.3. The van der Waals surface area contributed by atoms with E-state index in [1.165, 1.54) is 21.9 Å². The van der Waals surface area contributed by atoms with E-state index in [0.717, 1.165) is 28.8 Å². The lowest BCUT2D eigenvalue weighted by molar-refractivity contribution is 0.253. The summed E-state index contributed by atoms with van der Waals surface area (Å²) in [5, 5.41) is 13.3. The van der Waals surface area contributed by atoms with Gasteiger partial charge in [0.15, 0.2) is 0 Å². The molecule has 152 valence electrons. The lowest BCUT2D eigenvalue weighted by Gasteiger charge is -2.27.